The predicted molar refractivity (Wildman–Crippen MR) is 115 cm³/mol. The Labute approximate surface area is 177 Å². The lowest BCUT2D eigenvalue weighted by molar-refractivity contribution is -0.384. The summed E-state index contributed by atoms with van der Waals surface area (Å²) in [5.74, 6) is -0.986. The van der Waals surface area contributed by atoms with Crippen molar-refractivity contribution in [3.8, 4) is 0 Å². The van der Waals surface area contributed by atoms with Gasteiger partial charge in [-0.25, -0.2) is 0 Å². The molecule has 0 fully saturated rings. The Morgan fingerprint density at radius 1 is 0.900 bits per heavy atom. The van der Waals surface area contributed by atoms with Crippen LogP contribution in [0.15, 0.2) is 72.8 Å². The topological polar surface area (TPSA) is 101 Å². The fourth-order valence-electron chi connectivity index (χ4n) is 2.84. The van der Waals surface area contributed by atoms with E-state index in [9.17, 15) is 19.7 Å². The van der Waals surface area contributed by atoms with Crippen LogP contribution in [-0.2, 0) is 6.42 Å². The van der Waals surface area contributed by atoms with Gasteiger partial charge in [-0.2, -0.15) is 0 Å². The second kappa shape index (κ2) is 9.67. The molecule has 8 heteroatoms. The molecule has 0 saturated heterocycles. The zero-order chi connectivity index (χ0) is 21.5. The number of rotatable bonds is 7. The minimum atomic E-state index is -0.645. The molecule has 0 aliphatic rings. The number of hydrogen-bond donors (Lipinski definition) is 2. The summed E-state index contributed by atoms with van der Waals surface area (Å²) in [7, 11) is 0. The van der Waals surface area contributed by atoms with E-state index in [1.165, 1.54) is 12.1 Å². The summed E-state index contributed by atoms with van der Waals surface area (Å²) in [6.45, 7) is 0.432. The number of para-hydroxylation sites is 1. The van der Waals surface area contributed by atoms with Gasteiger partial charge in [-0.3, -0.25) is 19.7 Å². The van der Waals surface area contributed by atoms with Crippen LogP contribution < -0.4 is 10.6 Å². The normalized spacial score (nSPS) is 10.3. The Bertz CT molecular complexity index is 1090. The molecule has 3 rings (SSSR count). The number of anilines is 1. The monoisotopic (exact) mass is 423 g/mol. The number of nitrogens with one attached hydrogen (secondary N) is 2. The largest absolute Gasteiger partial charge is 0.352 e. The van der Waals surface area contributed by atoms with E-state index < -0.39 is 10.8 Å². The SMILES string of the molecule is O=C(Nc1ccccc1C(=O)NCCc1ccccc1)c1cc([N+](=O)[O-])ccc1Cl. The van der Waals surface area contributed by atoms with Crippen LogP contribution >= 0.6 is 11.6 Å². The fourth-order valence-corrected chi connectivity index (χ4v) is 3.04. The molecular weight excluding hydrogens is 406 g/mol. The van der Waals surface area contributed by atoms with E-state index in [0.29, 0.717) is 13.0 Å². The summed E-state index contributed by atoms with van der Waals surface area (Å²) < 4.78 is 0. The number of nitrogens with zero attached hydrogens (tertiary/aromatic N) is 1. The first-order valence-electron chi connectivity index (χ1n) is 9.12. The van der Waals surface area contributed by atoms with Gasteiger partial charge in [0.05, 0.1) is 26.8 Å². The lowest BCUT2D eigenvalue weighted by atomic mass is 10.1. The van der Waals surface area contributed by atoms with Crippen LogP contribution in [0.25, 0.3) is 0 Å². The van der Waals surface area contributed by atoms with Crippen LogP contribution in [0.5, 0.6) is 0 Å². The molecule has 7 nitrogen and oxygen atoms in total. The molecule has 3 aromatic rings. The molecule has 0 atom stereocenters. The summed E-state index contributed by atoms with van der Waals surface area (Å²) >= 11 is 6.03. The maximum atomic E-state index is 12.6. The van der Waals surface area contributed by atoms with Crippen LogP contribution in [0, 0.1) is 10.1 Å². The number of nitro benzene ring substituents is 1. The zero-order valence-corrected chi connectivity index (χ0v) is 16.6. The Kier molecular flexibility index (Phi) is 6.77. The van der Waals surface area contributed by atoms with Crippen molar-refractivity contribution in [3.63, 3.8) is 0 Å². The van der Waals surface area contributed by atoms with Crippen molar-refractivity contribution in [2.45, 2.75) is 6.42 Å². The van der Waals surface area contributed by atoms with Gasteiger partial charge in [0.2, 0.25) is 0 Å². The van der Waals surface area contributed by atoms with Crippen LogP contribution in [0.4, 0.5) is 11.4 Å². The van der Waals surface area contributed by atoms with Crippen molar-refractivity contribution in [3.05, 3.63) is 105 Å². The molecule has 0 unspecified atom stereocenters. The number of halogens is 1. The molecule has 152 valence electrons. The van der Waals surface area contributed by atoms with Gasteiger partial charge in [-0.15, -0.1) is 0 Å². The standard InChI is InChI=1S/C22H18ClN3O4/c23-19-11-10-16(26(29)30)14-18(19)22(28)25-20-9-5-4-8-17(20)21(27)24-13-12-15-6-2-1-3-7-15/h1-11,14H,12-13H2,(H,24,27)(H,25,28). The van der Waals surface area contributed by atoms with Crippen molar-refractivity contribution in [2.24, 2.45) is 0 Å². The molecule has 0 bridgehead atoms. The summed E-state index contributed by atoms with van der Waals surface area (Å²) in [5.41, 5.74) is 1.35. The third-order valence-electron chi connectivity index (χ3n) is 4.37. The van der Waals surface area contributed by atoms with Crippen molar-refractivity contribution in [2.75, 3.05) is 11.9 Å². The minimum absolute atomic E-state index is 0.0508. The average Bonchev–Trinajstić information content (AvgIpc) is 2.75. The molecule has 0 heterocycles. The summed E-state index contributed by atoms with van der Waals surface area (Å²) in [4.78, 5) is 35.6. The third-order valence-corrected chi connectivity index (χ3v) is 4.70. The lowest BCUT2D eigenvalue weighted by Crippen LogP contribution is -2.27. The quantitative estimate of drug-likeness (QED) is 0.432. The highest BCUT2D eigenvalue weighted by Gasteiger charge is 2.18. The molecule has 0 aromatic heterocycles. The second-order valence-corrected chi connectivity index (χ2v) is 6.82. The maximum Gasteiger partial charge on any atom is 0.270 e. The highest BCUT2D eigenvalue weighted by atomic mass is 35.5. The molecule has 0 aliphatic carbocycles. The van der Waals surface area contributed by atoms with Gasteiger partial charge in [-0.05, 0) is 30.2 Å². The van der Waals surface area contributed by atoms with E-state index in [1.807, 2.05) is 30.3 Å². The first-order chi connectivity index (χ1) is 14.5. The highest BCUT2D eigenvalue weighted by Crippen LogP contribution is 2.24. The number of nitro groups is 1. The smallest absolute Gasteiger partial charge is 0.270 e. The van der Waals surface area contributed by atoms with E-state index in [2.05, 4.69) is 10.6 Å². The van der Waals surface area contributed by atoms with Gasteiger partial charge < -0.3 is 10.6 Å². The van der Waals surface area contributed by atoms with Gasteiger partial charge in [0.1, 0.15) is 0 Å². The van der Waals surface area contributed by atoms with Crippen molar-refractivity contribution >= 4 is 34.8 Å². The van der Waals surface area contributed by atoms with Gasteiger partial charge in [0.15, 0.2) is 0 Å². The van der Waals surface area contributed by atoms with Crippen molar-refractivity contribution < 1.29 is 14.5 Å². The number of carbonyl (C=O) groups excluding carboxylic acids is 2. The van der Waals surface area contributed by atoms with E-state index in [-0.39, 0.29) is 33.4 Å². The van der Waals surface area contributed by atoms with Gasteiger partial charge in [0, 0.05) is 18.7 Å². The predicted octanol–water partition coefficient (Wildman–Crippen LogP) is 4.47. The molecule has 0 saturated carbocycles. The molecule has 0 aliphatic heterocycles. The first-order valence-corrected chi connectivity index (χ1v) is 9.50. The fraction of sp³-hybridized carbons (Fsp3) is 0.0909. The van der Waals surface area contributed by atoms with Crippen LogP contribution in [-0.4, -0.2) is 23.3 Å². The molecule has 30 heavy (non-hydrogen) atoms. The molecule has 0 radical (unpaired) electrons. The number of carbonyl (C=O) groups is 2. The van der Waals surface area contributed by atoms with E-state index in [1.54, 1.807) is 24.3 Å². The van der Waals surface area contributed by atoms with Crippen LogP contribution in [0.2, 0.25) is 5.02 Å². The summed E-state index contributed by atoms with van der Waals surface area (Å²) in [6.07, 6.45) is 0.671. The highest BCUT2D eigenvalue weighted by molar-refractivity contribution is 6.34. The number of non-ortho nitro benzene ring substituents is 1. The van der Waals surface area contributed by atoms with E-state index in [4.69, 9.17) is 11.6 Å². The Balaban J connectivity index is 1.72. The average molecular weight is 424 g/mol. The molecule has 2 amide bonds. The second-order valence-electron chi connectivity index (χ2n) is 6.41. The van der Waals surface area contributed by atoms with E-state index in [0.717, 1.165) is 11.6 Å². The number of hydrogen-bond acceptors (Lipinski definition) is 4. The Morgan fingerprint density at radius 2 is 1.60 bits per heavy atom. The third kappa shape index (κ3) is 5.21. The molecule has 0 spiro atoms. The first kappa shape index (κ1) is 21.0. The Morgan fingerprint density at radius 3 is 2.33 bits per heavy atom. The van der Waals surface area contributed by atoms with Gasteiger partial charge in [-0.1, -0.05) is 54.1 Å². The van der Waals surface area contributed by atoms with E-state index >= 15 is 0 Å². The number of benzene rings is 3. The molecular formula is C22H18ClN3O4. The lowest BCUT2D eigenvalue weighted by Gasteiger charge is -2.12. The van der Waals surface area contributed by atoms with Crippen LogP contribution in [0.1, 0.15) is 26.3 Å². The van der Waals surface area contributed by atoms with Crippen LogP contribution in [0.3, 0.4) is 0 Å². The summed E-state index contributed by atoms with van der Waals surface area (Å²) in [6, 6.07) is 19.9. The minimum Gasteiger partial charge on any atom is -0.352 e. The summed E-state index contributed by atoms with van der Waals surface area (Å²) in [5, 5.41) is 16.5. The molecule has 3 aromatic carbocycles. The van der Waals surface area contributed by atoms with Gasteiger partial charge in [0.25, 0.3) is 17.5 Å². The number of amides is 2. The Hall–Kier alpha value is -3.71. The van der Waals surface area contributed by atoms with Crippen molar-refractivity contribution in [1.29, 1.82) is 0 Å². The van der Waals surface area contributed by atoms with Crippen molar-refractivity contribution in [1.82, 2.24) is 5.32 Å². The van der Waals surface area contributed by atoms with Gasteiger partial charge >= 0.3 is 0 Å². The maximum absolute atomic E-state index is 12.6. The molecule has 2 N–H and O–H groups in total. The zero-order valence-electron chi connectivity index (χ0n) is 15.8.